The average Bonchev–Trinajstić information content (AvgIpc) is 3.28. The van der Waals surface area contributed by atoms with Crippen LogP contribution < -0.4 is 10.7 Å². The monoisotopic (exact) mass is 420 g/mol. The molecule has 7 nitrogen and oxygen atoms in total. The third kappa shape index (κ3) is 6.10. The van der Waals surface area contributed by atoms with Gasteiger partial charge in [-0.05, 0) is 26.0 Å². The Balaban J connectivity index is 1.47. The number of oxazole rings is 1. The molecule has 1 N–H and O–H groups in total. The van der Waals surface area contributed by atoms with Crippen molar-refractivity contribution in [3.63, 3.8) is 0 Å². The van der Waals surface area contributed by atoms with E-state index in [0.717, 1.165) is 36.2 Å². The lowest BCUT2D eigenvalue weighted by atomic mass is 10.1. The molecule has 0 spiro atoms. The van der Waals surface area contributed by atoms with Crippen LogP contribution in [0.3, 0.4) is 0 Å². The summed E-state index contributed by atoms with van der Waals surface area (Å²) >= 11 is 1.40. The summed E-state index contributed by atoms with van der Waals surface area (Å²) in [5.74, 6) is 0.416. The van der Waals surface area contributed by atoms with Gasteiger partial charge in [0.1, 0.15) is 20.1 Å². The van der Waals surface area contributed by atoms with E-state index in [1.54, 1.807) is 6.20 Å². The molecule has 152 valence electrons. The second-order valence-electron chi connectivity index (χ2n) is 8.08. The molecule has 0 saturated carbocycles. The van der Waals surface area contributed by atoms with Crippen LogP contribution in [-0.2, 0) is 9.53 Å². The second-order valence-corrected chi connectivity index (χ2v) is 14.1. The number of hydrogen-bond donors (Lipinski definition) is 1. The van der Waals surface area contributed by atoms with E-state index >= 15 is 0 Å². The van der Waals surface area contributed by atoms with Gasteiger partial charge in [-0.1, -0.05) is 31.0 Å². The molecule has 0 radical (unpaired) electrons. The minimum absolute atomic E-state index is 0.0644. The van der Waals surface area contributed by atoms with Gasteiger partial charge in [0.2, 0.25) is 5.89 Å². The van der Waals surface area contributed by atoms with Crippen LogP contribution in [0.2, 0.25) is 19.6 Å². The zero-order valence-electron chi connectivity index (χ0n) is 16.9. The first-order valence-electron chi connectivity index (χ1n) is 9.50. The Bertz CT molecular complexity index is 819. The average molecular weight is 421 g/mol. The van der Waals surface area contributed by atoms with E-state index in [1.165, 1.54) is 11.3 Å². The topological polar surface area (TPSA) is 80.5 Å². The third-order valence-electron chi connectivity index (χ3n) is 4.54. The predicted octanol–water partition coefficient (Wildman–Crippen LogP) is 2.90. The summed E-state index contributed by atoms with van der Waals surface area (Å²) in [6.07, 6.45) is 9.35. The molecule has 3 rings (SSSR count). The molecule has 1 fully saturated rings. The Hall–Kier alpha value is -1.81. The van der Waals surface area contributed by atoms with Crippen molar-refractivity contribution in [1.82, 2.24) is 14.9 Å². The normalized spacial score (nSPS) is 16.7. The van der Waals surface area contributed by atoms with Gasteiger partial charge in [0.25, 0.3) is 5.91 Å². The molecule has 0 unspecified atom stereocenters. The number of aromatic nitrogens is 2. The molecule has 2 aromatic rings. The van der Waals surface area contributed by atoms with E-state index in [-0.39, 0.29) is 18.6 Å². The van der Waals surface area contributed by atoms with Crippen molar-refractivity contribution >= 4 is 48.0 Å². The van der Waals surface area contributed by atoms with E-state index in [4.69, 9.17) is 9.15 Å². The number of nitrogens with zero attached hydrogens (tertiary/aromatic N) is 3. The van der Waals surface area contributed by atoms with Crippen molar-refractivity contribution < 1.29 is 13.9 Å². The summed E-state index contributed by atoms with van der Waals surface area (Å²) in [4.78, 5) is 23.8. The van der Waals surface area contributed by atoms with Gasteiger partial charge < -0.3 is 14.1 Å². The molecule has 3 heterocycles. The lowest BCUT2D eigenvalue weighted by Crippen LogP contribution is -2.36. The van der Waals surface area contributed by atoms with E-state index in [1.807, 2.05) is 18.3 Å². The number of carbonyl (C=O) groups excluding carboxylic acids is 1. The van der Waals surface area contributed by atoms with Gasteiger partial charge in [0, 0.05) is 30.2 Å². The highest BCUT2D eigenvalue weighted by Gasteiger charge is 2.21. The Morgan fingerprint density at radius 2 is 2.07 bits per heavy atom. The Morgan fingerprint density at radius 3 is 2.75 bits per heavy atom. The minimum atomic E-state index is -1.49. The van der Waals surface area contributed by atoms with Crippen LogP contribution in [0, 0.1) is 0 Å². The number of rotatable bonds is 7. The molecule has 2 aromatic heterocycles. The van der Waals surface area contributed by atoms with Crippen LogP contribution in [0.4, 0.5) is 5.13 Å². The molecule has 1 aliphatic heterocycles. The maximum Gasteiger partial charge on any atom is 0.252 e. The number of likely N-dealkylation sites (tertiary alicyclic amines) is 1. The van der Waals surface area contributed by atoms with Gasteiger partial charge in [0.05, 0.1) is 12.3 Å². The van der Waals surface area contributed by atoms with E-state index < -0.39 is 8.07 Å². The number of hydrogen-bond acceptors (Lipinski definition) is 7. The fourth-order valence-corrected chi connectivity index (χ4v) is 4.38. The molecule has 1 saturated heterocycles. The summed E-state index contributed by atoms with van der Waals surface area (Å²) < 4.78 is 11.5. The molecule has 1 aliphatic rings. The van der Waals surface area contributed by atoms with Crippen LogP contribution in [0.1, 0.15) is 23.6 Å². The van der Waals surface area contributed by atoms with E-state index in [0.29, 0.717) is 11.0 Å². The summed E-state index contributed by atoms with van der Waals surface area (Å²) in [5.41, 5.74) is 0. The van der Waals surface area contributed by atoms with Gasteiger partial charge in [0.15, 0.2) is 5.13 Å². The fourth-order valence-electron chi connectivity index (χ4n) is 2.79. The summed E-state index contributed by atoms with van der Waals surface area (Å²) in [6.45, 7) is 8.74. The first-order valence-corrected chi connectivity index (χ1v) is 13.8. The molecule has 28 heavy (non-hydrogen) atoms. The van der Waals surface area contributed by atoms with Crippen molar-refractivity contribution in [2.75, 3.05) is 32.1 Å². The van der Waals surface area contributed by atoms with Crippen molar-refractivity contribution in [2.45, 2.75) is 38.6 Å². The van der Waals surface area contributed by atoms with Gasteiger partial charge in [-0.15, -0.1) is 0 Å². The first kappa shape index (κ1) is 20.9. The number of thiazole rings is 1. The van der Waals surface area contributed by atoms with Crippen molar-refractivity contribution in [1.29, 1.82) is 0 Å². The molecule has 0 atom stereocenters. The Labute approximate surface area is 170 Å². The highest BCUT2D eigenvalue weighted by atomic mass is 32.1. The number of anilines is 1. The van der Waals surface area contributed by atoms with Crippen LogP contribution in [0.5, 0.6) is 0 Å². The molecule has 1 amide bonds. The number of piperidine rings is 1. The number of amides is 1. The summed E-state index contributed by atoms with van der Waals surface area (Å²) in [7, 11) is 0.608. The summed E-state index contributed by atoms with van der Waals surface area (Å²) in [6, 6.07) is 0. The zero-order chi connectivity index (χ0) is 20.1. The summed E-state index contributed by atoms with van der Waals surface area (Å²) in [5, 5.41) is 4.34. The largest absolute Gasteiger partial charge is 0.447 e. The third-order valence-corrected chi connectivity index (χ3v) is 7.13. The Morgan fingerprint density at radius 1 is 1.32 bits per heavy atom. The Kier molecular flexibility index (Phi) is 6.81. The van der Waals surface area contributed by atoms with E-state index in [2.05, 4.69) is 46.9 Å². The number of carbonyl (C=O) groups is 1. The van der Waals surface area contributed by atoms with Crippen LogP contribution in [0.15, 0.2) is 16.8 Å². The van der Waals surface area contributed by atoms with Crippen molar-refractivity contribution in [3.8, 4) is 0 Å². The molecule has 0 aromatic carbocycles. The van der Waals surface area contributed by atoms with Crippen LogP contribution >= 0.6 is 11.3 Å². The van der Waals surface area contributed by atoms with Crippen molar-refractivity contribution in [3.05, 3.63) is 23.2 Å². The lowest BCUT2D eigenvalue weighted by Gasteiger charge is -2.28. The number of ether oxygens (including phenoxy) is 1. The number of nitrogens with one attached hydrogen (secondary N) is 1. The quantitative estimate of drug-likeness (QED) is 0.694. The van der Waals surface area contributed by atoms with E-state index in [9.17, 15) is 4.79 Å². The van der Waals surface area contributed by atoms with Crippen molar-refractivity contribution in [2.24, 2.45) is 0 Å². The lowest BCUT2D eigenvalue weighted by molar-refractivity contribution is -0.123. The standard InChI is InChI=1S/C19H28N4O3SSi/c1-23-9-7-14(8-10-23)25-13-16(24)22-19-21-11-15(27-19)5-6-17-20-12-18(26-17)28(2,3)4/h5-6,11-12,14H,7-10,13H2,1-4H3,(H,21,22,24)/b6-5+. The molecule has 0 bridgehead atoms. The first-order chi connectivity index (χ1) is 13.3. The van der Waals surface area contributed by atoms with Crippen LogP contribution in [-0.4, -0.2) is 61.7 Å². The second kappa shape index (κ2) is 9.12. The van der Waals surface area contributed by atoms with Gasteiger partial charge in [-0.25, -0.2) is 9.97 Å². The molecular formula is C19H28N4O3SSi. The van der Waals surface area contributed by atoms with Gasteiger partial charge >= 0.3 is 0 Å². The maximum absolute atomic E-state index is 12.1. The SMILES string of the molecule is CN1CCC(OCC(=O)Nc2ncc(/C=C/c3ncc([Si](C)(C)C)o3)s2)CC1. The predicted molar refractivity (Wildman–Crippen MR) is 116 cm³/mol. The molecule has 9 heteroatoms. The van der Waals surface area contributed by atoms with Gasteiger partial charge in [-0.2, -0.15) is 0 Å². The smallest absolute Gasteiger partial charge is 0.252 e. The van der Waals surface area contributed by atoms with Gasteiger partial charge in [-0.3, -0.25) is 10.1 Å². The highest BCUT2D eigenvalue weighted by Crippen LogP contribution is 2.20. The highest BCUT2D eigenvalue weighted by molar-refractivity contribution is 7.16. The molecular weight excluding hydrogens is 392 g/mol. The fraction of sp³-hybridized carbons (Fsp3) is 0.526. The molecule has 0 aliphatic carbocycles. The zero-order valence-corrected chi connectivity index (χ0v) is 18.7. The minimum Gasteiger partial charge on any atom is -0.447 e. The maximum atomic E-state index is 12.1. The van der Waals surface area contributed by atoms with Crippen LogP contribution in [0.25, 0.3) is 12.2 Å².